The van der Waals surface area contributed by atoms with Crippen LogP contribution in [0.25, 0.3) is 0 Å². The van der Waals surface area contributed by atoms with E-state index in [0.29, 0.717) is 31.5 Å². The first-order valence-electron chi connectivity index (χ1n) is 10.6. The Labute approximate surface area is 176 Å². The minimum absolute atomic E-state index is 0.141. The van der Waals surface area contributed by atoms with Crippen LogP contribution in [0.15, 0.2) is 54.6 Å². The van der Waals surface area contributed by atoms with Crippen LogP contribution in [0, 0.1) is 0 Å². The van der Waals surface area contributed by atoms with Crippen molar-refractivity contribution in [2.45, 2.75) is 38.3 Å². The second-order valence-corrected chi connectivity index (χ2v) is 8.00. The van der Waals surface area contributed by atoms with Gasteiger partial charge in [-0.15, -0.1) is 0 Å². The van der Waals surface area contributed by atoms with E-state index >= 15 is 0 Å². The largest absolute Gasteiger partial charge is 0.343 e. The number of benzene rings is 2. The summed E-state index contributed by atoms with van der Waals surface area (Å²) in [6.07, 6.45) is 2.94. The van der Waals surface area contributed by atoms with Gasteiger partial charge in [0.05, 0.1) is 6.04 Å². The molecule has 2 aliphatic heterocycles. The fraction of sp³-hybridized carbons (Fsp3) is 0.375. The molecule has 2 aromatic rings. The first kappa shape index (κ1) is 20.1. The maximum atomic E-state index is 13.0. The zero-order valence-electron chi connectivity index (χ0n) is 17.0. The summed E-state index contributed by atoms with van der Waals surface area (Å²) in [5, 5.41) is 3.11. The smallest absolute Gasteiger partial charge is 0.251 e. The van der Waals surface area contributed by atoms with Gasteiger partial charge in [0.15, 0.2) is 0 Å². The minimum atomic E-state index is -0.274. The lowest BCUT2D eigenvalue weighted by Crippen LogP contribution is -2.38. The highest BCUT2D eigenvalue weighted by atomic mass is 16.2. The van der Waals surface area contributed by atoms with Crippen LogP contribution in [-0.4, -0.2) is 47.2 Å². The molecule has 3 amide bonds. The Hall–Kier alpha value is -3.15. The van der Waals surface area contributed by atoms with Crippen LogP contribution in [-0.2, 0) is 16.1 Å². The quantitative estimate of drug-likeness (QED) is 0.770. The maximum absolute atomic E-state index is 13.0. The number of nitrogens with zero attached hydrogens (tertiary/aromatic N) is 2. The molecule has 2 aliphatic rings. The van der Waals surface area contributed by atoms with Crippen LogP contribution < -0.4 is 5.32 Å². The van der Waals surface area contributed by atoms with Crippen LogP contribution in [0.1, 0.15) is 53.2 Å². The molecule has 156 valence electrons. The molecule has 0 spiro atoms. The highest BCUT2D eigenvalue weighted by molar-refractivity contribution is 5.94. The number of nitrogens with one attached hydrogen (secondary N) is 1. The SMILES string of the molecule is O=C(N[C@H](CN1CCCC1=O)c1ccccc1)c1cccc(CN2CCCC2=O)c1. The third kappa shape index (κ3) is 4.70. The van der Waals surface area contributed by atoms with Crippen molar-refractivity contribution in [1.29, 1.82) is 0 Å². The van der Waals surface area contributed by atoms with Gasteiger partial charge in [0.1, 0.15) is 0 Å². The van der Waals surface area contributed by atoms with Crippen LogP contribution >= 0.6 is 0 Å². The van der Waals surface area contributed by atoms with Crippen molar-refractivity contribution < 1.29 is 14.4 Å². The van der Waals surface area contributed by atoms with E-state index in [1.807, 2.05) is 58.3 Å². The summed E-state index contributed by atoms with van der Waals surface area (Å²) in [6, 6.07) is 16.9. The van der Waals surface area contributed by atoms with Gasteiger partial charge >= 0.3 is 0 Å². The molecule has 1 N–H and O–H groups in total. The molecule has 2 heterocycles. The lowest BCUT2D eigenvalue weighted by molar-refractivity contribution is -0.128. The fourth-order valence-electron chi connectivity index (χ4n) is 4.18. The highest BCUT2D eigenvalue weighted by Crippen LogP contribution is 2.20. The summed E-state index contributed by atoms with van der Waals surface area (Å²) >= 11 is 0. The molecule has 6 nitrogen and oxygen atoms in total. The van der Waals surface area contributed by atoms with Crippen molar-refractivity contribution in [3.8, 4) is 0 Å². The standard InChI is InChI=1S/C24H27N3O3/c28-22-11-5-13-26(22)16-18-7-4-10-20(15-18)24(30)25-21(19-8-2-1-3-9-19)17-27-14-6-12-23(27)29/h1-4,7-10,15,21H,5-6,11-14,16-17H2,(H,25,30)/t21-/m1/s1. The maximum Gasteiger partial charge on any atom is 0.251 e. The average molecular weight is 405 g/mol. The molecule has 2 saturated heterocycles. The lowest BCUT2D eigenvalue weighted by Gasteiger charge is -2.25. The van der Waals surface area contributed by atoms with Crippen LogP contribution in [0.4, 0.5) is 0 Å². The first-order valence-corrected chi connectivity index (χ1v) is 10.6. The fourth-order valence-corrected chi connectivity index (χ4v) is 4.18. The minimum Gasteiger partial charge on any atom is -0.343 e. The second kappa shape index (κ2) is 9.11. The van der Waals surface area contributed by atoms with Gasteiger partial charge in [0.25, 0.3) is 5.91 Å². The van der Waals surface area contributed by atoms with Gasteiger partial charge in [-0.1, -0.05) is 42.5 Å². The Kier molecular flexibility index (Phi) is 6.12. The Morgan fingerprint density at radius 2 is 1.60 bits per heavy atom. The Bertz CT molecular complexity index is 928. The summed E-state index contributed by atoms with van der Waals surface area (Å²) in [5.74, 6) is 0.136. The lowest BCUT2D eigenvalue weighted by atomic mass is 10.0. The van der Waals surface area contributed by atoms with Gasteiger partial charge in [-0.25, -0.2) is 0 Å². The van der Waals surface area contributed by atoms with Gasteiger partial charge in [0, 0.05) is 44.6 Å². The number of hydrogen-bond acceptors (Lipinski definition) is 3. The Morgan fingerprint density at radius 3 is 2.27 bits per heavy atom. The van der Waals surface area contributed by atoms with Gasteiger partial charge < -0.3 is 15.1 Å². The van der Waals surface area contributed by atoms with Gasteiger partial charge in [-0.3, -0.25) is 14.4 Å². The van der Waals surface area contributed by atoms with E-state index in [9.17, 15) is 14.4 Å². The van der Waals surface area contributed by atoms with E-state index in [1.54, 1.807) is 6.07 Å². The molecule has 30 heavy (non-hydrogen) atoms. The molecule has 2 aromatic carbocycles. The van der Waals surface area contributed by atoms with Crippen molar-refractivity contribution in [3.63, 3.8) is 0 Å². The molecule has 0 bridgehead atoms. The molecule has 2 fully saturated rings. The van der Waals surface area contributed by atoms with E-state index in [2.05, 4.69) is 5.32 Å². The molecule has 1 atom stereocenters. The summed E-state index contributed by atoms with van der Waals surface area (Å²) in [7, 11) is 0. The van der Waals surface area contributed by atoms with E-state index in [4.69, 9.17) is 0 Å². The summed E-state index contributed by atoms with van der Waals surface area (Å²) in [6.45, 7) is 2.51. The molecular formula is C24H27N3O3. The number of carbonyl (C=O) groups excluding carboxylic acids is 3. The van der Waals surface area contributed by atoms with Gasteiger partial charge in [-0.05, 0) is 36.1 Å². The van der Waals surface area contributed by atoms with E-state index in [1.165, 1.54) is 0 Å². The summed E-state index contributed by atoms with van der Waals surface area (Å²) < 4.78 is 0. The third-order valence-electron chi connectivity index (χ3n) is 5.82. The van der Waals surface area contributed by atoms with Crippen molar-refractivity contribution in [2.75, 3.05) is 19.6 Å². The predicted octanol–water partition coefficient (Wildman–Crippen LogP) is 2.90. The number of carbonyl (C=O) groups is 3. The topological polar surface area (TPSA) is 69.7 Å². The van der Waals surface area contributed by atoms with Gasteiger partial charge in [-0.2, -0.15) is 0 Å². The van der Waals surface area contributed by atoms with Crippen LogP contribution in [0.5, 0.6) is 0 Å². The van der Waals surface area contributed by atoms with Crippen molar-refractivity contribution in [2.24, 2.45) is 0 Å². The van der Waals surface area contributed by atoms with Gasteiger partial charge in [0.2, 0.25) is 11.8 Å². The molecule has 4 rings (SSSR count). The van der Waals surface area contributed by atoms with E-state index in [0.717, 1.165) is 37.1 Å². The molecule has 0 aliphatic carbocycles. The molecule has 0 unspecified atom stereocenters. The number of rotatable bonds is 7. The first-order chi connectivity index (χ1) is 14.6. The molecule has 0 saturated carbocycles. The summed E-state index contributed by atoms with van der Waals surface area (Å²) in [4.78, 5) is 40.7. The number of amides is 3. The van der Waals surface area contributed by atoms with Crippen molar-refractivity contribution >= 4 is 17.7 Å². The summed E-state index contributed by atoms with van der Waals surface area (Å²) in [5.41, 5.74) is 2.49. The zero-order valence-corrected chi connectivity index (χ0v) is 17.0. The molecule has 6 heteroatoms. The Morgan fingerprint density at radius 1 is 0.900 bits per heavy atom. The monoisotopic (exact) mass is 405 g/mol. The van der Waals surface area contributed by atoms with Crippen molar-refractivity contribution in [3.05, 3.63) is 71.3 Å². The second-order valence-electron chi connectivity index (χ2n) is 8.00. The molecule has 0 radical (unpaired) electrons. The highest BCUT2D eigenvalue weighted by Gasteiger charge is 2.26. The van der Waals surface area contributed by atoms with E-state index < -0.39 is 0 Å². The predicted molar refractivity (Wildman–Crippen MR) is 114 cm³/mol. The zero-order chi connectivity index (χ0) is 20.9. The Balaban J connectivity index is 1.48. The normalized spacial score (nSPS) is 17.5. The molecular weight excluding hydrogens is 378 g/mol. The molecule has 0 aromatic heterocycles. The van der Waals surface area contributed by atoms with E-state index in [-0.39, 0.29) is 23.8 Å². The van der Waals surface area contributed by atoms with Crippen molar-refractivity contribution in [1.82, 2.24) is 15.1 Å². The van der Waals surface area contributed by atoms with Crippen LogP contribution in [0.3, 0.4) is 0 Å². The average Bonchev–Trinajstić information content (AvgIpc) is 3.36. The number of hydrogen-bond donors (Lipinski definition) is 1. The van der Waals surface area contributed by atoms with Crippen LogP contribution in [0.2, 0.25) is 0 Å². The third-order valence-corrected chi connectivity index (χ3v) is 5.82. The number of likely N-dealkylation sites (tertiary alicyclic amines) is 2.